The third-order valence-corrected chi connectivity index (χ3v) is 2.69. The summed E-state index contributed by atoms with van der Waals surface area (Å²) >= 11 is 1.82. The highest BCUT2D eigenvalue weighted by Gasteiger charge is 2.17. The Morgan fingerprint density at radius 3 is 2.47 bits per heavy atom. The predicted molar refractivity (Wildman–Crippen MR) is 70.8 cm³/mol. The fourth-order valence-corrected chi connectivity index (χ4v) is 1.52. The van der Waals surface area contributed by atoms with Crippen molar-refractivity contribution in [1.29, 1.82) is 0 Å². The molecule has 5 heteroatoms. The lowest BCUT2D eigenvalue weighted by molar-refractivity contribution is -0.122. The molecule has 0 saturated heterocycles. The van der Waals surface area contributed by atoms with Gasteiger partial charge in [0.1, 0.15) is 0 Å². The number of amides is 1. The maximum Gasteiger partial charge on any atom is 0.220 e. The molecule has 92 valence electrons. The zero-order chi connectivity index (χ0) is 11.0. The molecule has 0 saturated carbocycles. The van der Waals surface area contributed by atoms with Gasteiger partial charge in [0.15, 0.2) is 0 Å². The summed E-state index contributed by atoms with van der Waals surface area (Å²) < 4.78 is 0. The quantitative estimate of drug-likeness (QED) is 0.682. The zero-order valence-corrected chi connectivity index (χ0v) is 11.5. The molecule has 3 nitrogen and oxygen atoms in total. The number of rotatable bonds is 7. The number of hydrogen-bond donors (Lipinski definition) is 2. The van der Waals surface area contributed by atoms with Crippen molar-refractivity contribution in [3.05, 3.63) is 0 Å². The van der Waals surface area contributed by atoms with Gasteiger partial charge in [-0.15, -0.1) is 12.4 Å². The van der Waals surface area contributed by atoms with Crippen LogP contribution in [-0.4, -0.2) is 30.0 Å². The molecule has 0 aliphatic carbocycles. The number of nitrogens with one attached hydrogen (secondary N) is 1. The molecule has 0 spiro atoms. The maximum absolute atomic E-state index is 11.4. The van der Waals surface area contributed by atoms with E-state index in [9.17, 15) is 4.79 Å². The van der Waals surface area contributed by atoms with Crippen molar-refractivity contribution in [2.45, 2.75) is 38.6 Å². The number of thioether (sulfide) groups is 1. The van der Waals surface area contributed by atoms with E-state index in [2.05, 4.69) is 11.6 Å². The smallest absolute Gasteiger partial charge is 0.220 e. The minimum atomic E-state index is -0.267. The molecule has 0 aromatic heterocycles. The van der Waals surface area contributed by atoms with Crippen molar-refractivity contribution in [3.63, 3.8) is 0 Å². The highest BCUT2D eigenvalue weighted by Crippen LogP contribution is 2.04. The van der Waals surface area contributed by atoms with Crippen LogP contribution in [0.1, 0.15) is 33.1 Å². The van der Waals surface area contributed by atoms with E-state index in [0.29, 0.717) is 13.0 Å². The van der Waals surface area contributed by atoms with E-state index in [-0.39, 0.29) is 23.9 Å². The van der Waals surface area contributed by atoms with Crippen molar-refractivity contribution >= 4 is 30.1 Å². The van der Waals surface area contributed by atoms with Crippen LogP contribution >= 0.6 is 24.2 Å². The highest BCUT2D eigenvalue weighted by atomic mass is 35.5. The zero-order valence-electron chi connectivity index (χ0n) is 9.84. The monoisotopic (exact) mass is 254 g/mol. The standard InChI is InChI=1S/C10H22N2OS.ClH/c1-10(2,8-11)12-9(13)6-4-5-7-14-3;/h4-8,11H2,1-3H3,(H,12,13);1H. The largest absolute Gasteiger partial charge is 0.350 e. The molecule has 0 aliphatic rings. The van der Waals surface area contributed by atoms with Crippen LogP contribution in [0, 0.1) is 0 Å². The topological polar surface area (TPSA) is 55.1 Å². The first kappa shape index (κ1) is 17.5. The summed E-state index contributed by atoms with van der Waals surface area (Å²) in [7, 11) is 0. The second-order valence-electron chi connectivity index (χ2n) is 4.09. The molecule has 0 unspecified atom stereocenters. The van der Waals surface area contributed by atoms with Crippen LogP contribution < -0.4 is 11.1 Å². The fourth-order valence-electron chi connectivity index (χ4n) is 1.02. The Balaban J connectivity index is 0. The lowest BCUT2D eigenvalue weighted by atomic mass is 10.1. The van der Waals surface area contributed by atoms with E-state index in [1.807, 2.05) is 25.6 Å². The summed E-state index contributed by atoms with van der Waals surface area (Å²) in [6.07, 6.45) is 4.77. The van der Waals surface area contributed by atoms with Crippen LogP contribution in [0.5, 0.6) is 0 Å². The first-order valence-electron chi connectivity index (χ1n) is 5.02. The molecule has 0 aliphatic heterocycles. The van der Waals surface area contributed by atoms with Crippen LogP contribution in [0.2, 0.25) is 0 Å². The molecule has 3 N–H and O–H groups in total. The van der Waals surface area contributed by atoms with E-state index < -0.39 is 0 Å². The Morgan fingerprint density at radius 2 is 2.00 bits per heavy atom. The average molecular weight is 255 g/mol. The Labute approximate surface area is 103 Å². The van der Waals surface area contributed by atoms with Crippen LogP contribution in [0.4, 0.5) is 0 Å². The summed E-state index contributed by atoms with van der Waals surface area (Å²) in [5.74, 6) is 1.25. The van der Waals surface area contributed by atoms with Gasteiger partial charge in [-0.2, -0.15) is 11.8 Å². The maximum atomic E-state index is 11.4. The predicted octanol–water partition coefficient (Wildman–Crippen LogP) is 1.79. The van der Waals surface area contributed by atoms with Gasteiger partial charge < -0.3 is 11.1 Å². The minimum absolute atomic E-state index is 0. The van der Waals surface area contributed by atoms with Gasteiger partial charge in [0, 0.05) is 18.5 Å². The van der Waals surface area contributed by atoms with E-state index in [0.717, 1.165) is 18.6 Å². The molecule has 1 amide bonds. The molecule has 0 aromatic carbocycles. The summed E-state index contributed by atoms with van der Waals surface area (Å²) in [6, 6.07) is 0. The van der Waals surface area contributed by atoms with Crippen molar-refractivity contribution in [2.24, 2.45) is 5.73 Å². The highest BCUT2D eigenvalue weighted by molar-refractivity contribution is 7.98. The third kappa shape index (κ3) is 10.4. The van der Waals surface area contributed by atoms with Gasteiger partial charge in [-0.3, -0.25) is 4.79 Å². The molecular weight excluding hydrogens is 232 g/mol. The second kappa shape index (κ2) is 9.31. The van der Waals surface area contributed by atoms with Gasteiger partial charge in [-0.1, -0.05) is 0 Å². The van der Waals surface area contributed by atoms with Crippen molar-refractivity contribution in [3.8, 4) is 0 Å². The summed E-state index contributed by atoms with van der Waals surface area (Å²) in [4.78, 5) is 11.4. The minimum Gasteiger partial charge on any atom is -0.350 e. The van der Waals surface area contributed by atoms with Gasteiger partial charge in [-0.05, 0) is 38.7 Å². The molecule has 0 rings (SSSR count). The first-order chi connectivity index (χ1) is 6.52. The third-order valence-electron chi connectivity index (χ3n) is 1.99. The molecular formula is C10H23ClN2OS. The molecule has 0 fully saturated rings. The van der Waals surface area contributed by atoms with Gasteiger partial charge in [-0.25, -0.2) is 0 Å². The van der Waals surface area contributed by atoms with Crippen LogP contribution in [0.25, 0.3) is 0 Å². The van der Waals surface area contributed by atoms with Crippen molar-refractivity contribution in [1.82, 2.24) is 5.32 Å². The average Bonchev–Trinajstić information content (AvgIpc) is 2.12. The summed E-state index contributed by atoms with van der Waals surface area (Å²) in [6.45, 7) is 4.35. The number of carbonyl (C=O) groups excluding carboxylic acids is 1. The lowest BCUT2D eigenvalue weighted by Gasteiger charge is -2.24. The summed E-state index contributed by atoms with van der Waals surface area (Å²) in [5, 5.41) is 2.91. The lowest BCUT2D eigenvalue weighted by Crippen LogP contribution is -2.48. The Morgan fingerprint density at radius 1 is 1.40 bits per heavy atom. The summed E-state index contributed by atoms with van der Waals surface area (Å²) in [5.41, 5.74) is 5.25. The Kier molecular flexibility index (Phi) is 10.8. The van der Waals surface area contributed by atoms with Crippen LogP contribution in [0.15, 0.2) is 0 Å². The number of halogens is 1. The van der Waals surface area contributed by atoms with Crippen molar-refractivity contribution < 1.29 is 4.79 Å². The van der Waals surface area contributed by atoms with Gasteiger partial charge >= 0.3 is 0 Å². The van der Waals surface area contributed by atoms with E-state index in [1.54, 1.807) is 0 Å². The molecule has 15 heavy (non-hydrogen) atoms. The molecule has 0 bridgehead atoms. The fraction of sp³-hybridized carbons (Fsp3) is 0.900. The van der Waals surface area contributed by atoms with Gasteiger partial charge in [0.2, 0.25) is 5.91 Å². The van der Waals surface area contributed by atoms with Crippen LogP contribution in [0.3, 0.4) is 0 Å². The number of unbranched alkanes of at least 4 members (excludes halogenated alkanes) is 1. The first-order valence-corrected chi connectivity index (χ1v) is 6.41. The van der Waals surface area contributed by atoms with E-state index in [1.165, 1.54) is 0 Å². The number of nitrogens with two attached hydrogens (primary N) is 1. The molecule has 0 atom stereocenters. The van der Waals surface area contributed by atoms with Crippen LogP contribution in [-0.2, 0) is 4.79 Å². The molecule has 0 heterocycles. The van der Waals surface area contributed by atoms with E-state index >= 15 is 0 Å². The number of carbonyl (C=O) groups is 1. The van der Waals surface area contributed by atoms with Crippen molar-refractivity contribution in [2.75, 3.05) is 18.6 Å². The second-order valence-corrected chi connectivity index (χ2v) is 5.07. The molecule has 0 aromatic rings. The molecule has 0 radical (unpaired) electrons. The van der Waals surface area contributed by atoms with Gasteiger partial charge in [0.25, 0.3) is 0 Å². The Hall–Kier alpha value is 0.0700. The van der Waals surface area contributed by atoms with E-state index in [4.69, 9.17) is 5.73 Å². The van der Waals surface area contributed by atoms with Gasteiger partial charge in [0.05, 0.1) is 0 Å². The Bertz CT molecular complexity index is 177. The number of hydrogen-bond acceptors (Lipinski definition) is 3. The SMILES string of the molecule is CSCCCCC(=O)NC(C)(C)CN.Cl. The normalized spacial score (nSPS) is 10.7.